The molecule has 0 aromatic rings. The maximum absolute atomic E-state index is 12.6. The molecule has 9 heteroatoms. The third kappa shape index (κ3) is 3.75. The van der Waals surface area contributed by atoms with Gasteiger partial charge in [0.2, 0.25) is 0 Å². The largest absolute Gasteiger partial charge is 0.419 e. The Kier molecular flexibility index (Phi) is 5.52. The fourth-order valence-electron chi connectivity index (χ4n) is 1.49. The van der Waals surface area contributed by atoms with Crippen LogP contribution in [0.3, 0.4) is 0 Å². The summed E-state index contributed by atoms with van der Waals surface area (Å²) in [6, 6.07) is 0. The minimum atomic E-state index is -4.76. The Morgan fingerprint density at radius 1 is 1.36 bits per heavy atom. The Hall–Kier alpha value is -2.11. The van der Waals surface area contributed by atoms with Gasteiger partial charge in [0, 0.05) is 17.2 Å². The standard InChI is InChI=1S/C13H11ClF3N3O2/c1-4-5-9(13(15,16)17)10(14)18-6-19-20-11(21)7(2)8(3)12(20)22/h1,5,19H,6H2,2-3H3/b9-5+,18-10+. The average Bonchev–Trinajstić information content (AvgIpc) is 2.60. The molecule has 1 heterocycles. The summed E-state index contributed by atoms with van der Waals surface area (Å²) in [6.07, 6.45) is 0.476. The lowest BCUT2D eigenvalue weighted by Crippen LogP contribution is -2.43. The van der Waals surface area contributed by atoms with Gasteiger partial charge in [0.15, 0.2) is 0 Å². The summed E-state index contributed by atoms with van der Waals surface area (Å²) < 4.78 is 37.9. The van der Waals surface area contributed by atoms with Gasteiger partial charge in [0.05, 0.1) is 0 Å². The first kappa shape index (κ1) is 17.9. The number of terminal acetylenes is 1. The van der Waals surface area contributed by atoms with Gasteiger partial charge in [0.25, 0.3) is 11.8 Å². The van der Waals surface area contributed by atoms with Crippen molar-refractivity contribution in [1.82, 2.24) is 10.4 Å². The molecule has 0 fully saturated rings. The Balaban J connectivity index is 2.79. The summed E-state index contributed by atoms with van der Waals surface area (Å²) in [5.41, 5.74) is 1.50. The van der Waals surface area contributed by atoms with Crippen molar-refractivity contribution in [2.45, 2.75) is 20.0 Å². The van der Waals surface area contributed by atoms with Crippen molar-refractivity contribution in [2.24, 2.45) is 4.99 Å². The zero-order valence-electron chi connectivity index (χ0n) is 11.6. The SMILES string of the molecule is C#C/C=C(\C(Cl)=N/CNN1C(=O)C(C)=C(C)C1=O)C(F)(F)F. The second-order valence-electron chi connectivity index (χ2n) is 4.18. The van der Waals surface area contributed by atoms with Gasteiger partial charge in [0.1, 0.15) is 17.4 Å². The molecule has 0 atom stereocenters. The van der Waals surface area contributed by atoms with Crippen LogP contribution in [0, 0.1) is 12.3 Å². The van der Waals surface area contributed by atoms with Crippen molar-refractivity contribution in [3.63, 3.8) is 0 Å². The summed E-state index contributed by atoms with van der Waals surface area (Å²) in [7, 11) is 0. The molecule has 1 N–H and O–H groups in total. The zero-order chi connectivity index (χ0) is 17.1. The molecule has 0 bridgehead atoms. The molecular weight excluding hydrogens is 323 g/mol. The number of hydrazine groups is 1. The monoisotopic (exact) mass is 333 g/mol. The van der Waals surface area contributed by atoms with Gasteiger partial charge in [-0.15, -0.1) is 6.42 Å². The van der Waals surface area contributed by atoms with E-state index in [-0.39, 0.29) is 11.1 Å². The number of nitrogens with zero attached hydrogens (tertiary/aromatic N) is 2. The molecule has 1 aliphatic heterocycles. The maximum Gasteiger partial charge on any atom is 0.419 e. The highest BCUT2D eigenvalue weighted by molar-refractivity contribution is 6.69. The number of hydrogen-bond acceptors (Lipinski definition) is 4. The van der Waals surface area contributed by atoms with E-state index in [1.54, 1.807) is 5.92 Å². The number of imide groups is 1. The molecular formula is C13H11ClF3N3O2. The summed E-state index contributed by atoms with van der Waals surface area (Å²) in [4.78, 5) is 26.8. The summed E-state index contributed by atoms with van der Waals surface area (Å²) in [5.74, 6) is 0.532. The number of alkyl halides is 3. The number of hydrogen-bond donors (Lipinski definition) is 1. The second-order valence-corrected chi connectivity index (χ2v) is 4.54. The molecule has 118 valence electrons. The zero-order valence-corrected chi connectivity index (χ0v) is 12.3. The number of aliphatic imine (C=N–C) groups is 1. The van der Waals surface area contributed by atoms with Crippen LogP contribution in [-0.2, 0) is 9.59 Å². The molecule has 2 amide bonds. The van der Waals surface area contributed by atoms with Gasteiger partial charge < -0.3 is 0 Å². The van der Waals surface area contributed by atoms with Crippen LogP contribution in [0.2, 0.25) is 0 Å². The van der Waals surface area contributed by atoms with Gasteiger partial charge in [-0.1, -0.05) is 17.5 Å². The average molecular weight is 334 g/mol. The first-order valence-corrected chi connectivity index (χ1v) is 6.22. The van der Waals surface area contributed by atoms with Gasteiger partial charge in [-0.3, -0.25) is 14.6 Å². The number of rotatable bonds is 4. The highest BCUT2D eigenvalue weighted by Gasteiger charge is 2.36. The molecule has 1 rings (SSSR count). The first-order valence-electron chi connectivity index (χ1n) is 5.84. The van der Waals surface area contributed by atoms with E-state index >= 15 is 0 Å². The lowest BCUT2D eigenvalue weighted by molar-refractivity contribution is -0.141. The van der Waals surface area contributed by atoms with Gasteiger partial charge in [-0.2, -0.15) is 13.2 Å². The predicted molar refractivity (Wildman–Crippen MR) is 74.5 cm³/mol. The van der Waals surface area contributed by atoms with Crippen LogP contribution in [-0.4, -0.2) is 34.8 Å². The normalized spacial score (nSPS) is 17.4. The van der Waals surface area contributed by atoms with Gasteiger partial charge >= 0.3 is 6.18 Å². The van der Waals surface area contributed by atoms with Crippen LogP contribution in [0.15, 0.2) is 27.8 Å². The molecule has 0 aromatic heterocycles. The molecule has 1 aliphatic rings. The lowest BCUT2D eigenvalue weighted by atomic mass is 10.2. The van der Waals surface area contributed by atoms with Crippen LogP contribution in [0.1, 0.15) is 13.8 Å². The number of amides is 2. The van der Waals surface area contributed by atoms with E-state index in [1.807, 2.05) is 0 Å². The van der Waals surface area contributed by atoms with Crippen molar-refractivity contribution in [3.05, 3.63) is 22.8 Å². The van der Waals surface area contributed by atoms with Crippen LogP contribution >= 0.6 is 11.6 Å². The van der Waals surface area contributed by atoms with Crippen molar-refractivity contribution >= 4 is 28.6 Å². The number of nitrogens with one attached hydrogen (secondary N) is 1. The summed E-state index contributed by atoms with van der Waals surface area (Å²) in [6.45, 7) is 2.42. The predicted octanol–water partition coefficient (Wildman–Crippen LogP) is 1.91. The Morgan fingerprint density at radius 2 is 1.86 bits per heavy atom. The van der Waals surface area contributed by atoms with E-state index in [0.29, 0.717) is 11.1 Å². The maximum atomic E-state index is 12.6. The number of carbonyl (C=O) groups is 2. The van der Waals surface area contributed by atoms with Crippen LogP contribution < -0.4 is 5.43 Å². The minimum Gasteiger partial charge on any atom is -0.267 e. The Labute approximate surface area is 129 Å². The van der Waals surface area contributed by atoms with Crippen LogP contribution in [0.5, 0.6) is 0 Å². The fourth-order valence-corrected chi connectivity index (χ4v) is 1.72. The molecule has 0 aliphatic carbocycles. The Morgan fingerprint density at radius 3 is 2.27 bits per heavy atom. The van der Waals surface area contributed by atoms with E-state index in [4.69, 9.17) is 18.0 Å². The summed E-state index contributed by atoms with van der Waals surface area (Å²) in [5, 5.41) is -0.213. The summed E-state index contributed by atoms with van der Waals surface area (Å²) >= 11 is 5.45. The first-order chi connectivity index (χ1) is 10.1. The molecule has 0 spiro atoms. The van der Waals surface area contributed by atoms with Crippen LogP contribution in [0.25, 0.3) is 0 Å². The third-order valence-electron chi connectivity index (χ3n) is 2.81. The van der Waals surface area contributed by atoms with E-state index < -0.39 is 35.4 Å². The number of carbonyl (C=O) groups excluding carboxylic acids is 2. The lowest BCUT2D eigenvalue weighted by Gasteiger charge is -2.15. The van der Waals surface area contributed by atoms with E-state index in [0.717, 1.165) is 0 Å². The topological polar surface area (TPSA) is 61.8 Å². The molecule has 0 unspecified atom stereocenters. The van der Waals surface area contributed by atoms with E-state index in [2.05, 4.69) is 10.4 Å². The second kappa shape index (κ2) is 6.77. The number of halogens is 4. The minimum absolute atomic E-state index is 0.246. The van der Waals surface area contributed by atoms with Crippen molar-refractivity contribution in [2.75, 3.05) is 6.67 Å². The Bertz CT molecular complexity index is 618. The molecule has 0 radical (unpaired) electrons. The van der Waals surface area contributed by atoms with Gasteiger partial charge in [-0.05, 0) is 13.8 Å². The van der Waals surface area contributed by atoms with E-state index in [1.165, 1.54) is 13.8 Å². The molecule has 0 saturated carbocycles. The highest BCUT2D eigenvalue weighted by atomic mass is 35.5. The fraction of sp³-hybridized carbons (Fsp3) is 0.308. The molecule has 22 heavy (non-hydrogen) atoms. The van der Waals surface area contributed by atoms with E-state index in [9.17, 15) is 22.8 Å². The smallest absolute Gasteiger partial charge is 0.267 e. The third-order valence-corrected chi connectivity index (χ3v) is 3.14. The molecule has 0 saturated heterocycles. The quantitative estimate of drug-likeness (QED) is 0.486. The molecule has 0 aromatic carbocycles. The number of allylic oxidation sites excluding steroid dienone is 2. The van der Waals surface area contributed by atoms with Crippen molar-refractivity contribution in [3.8, 4) is 12.3 Å². The van der Waals surface area contributed by atoms with Crippen molar-refractivity contribution < 1.29 is 22.8 Å². The van der Waals surface area contributed by atoms with Gasteiger partial charge in [-0.25, -0.2) is 10.4 Å². The van der Waals surface area contributed by atoms with Crippen LogP contribution in [0.4, 0.5) is 13.2 Å². The highest BCUT2D eigenvalue weighted by Crippen LogP contribution is 2.27. The molecule has 5 nitrogen and oxygen atoms in total. The van der Waals surface area contributed by atoms with Crippen molar-refractivity contribution in [1.29, 1.82) is 0 Å².